The number of aryl methyl sites for hydroxylation is 1. The fourth-order valence-electron chi connectivity index (χ4n) is 8.03. The largest absolute Gasteiger partial charge is 0.464 e. The first kappa shape index (κ1) is 37.0. The standard InChI is InChI=1S/C40H51N7O5S/c1-7-45-33-15-14-26-19-28(33)29(36(45)27-12-8-16-41-35(27)25(3)51-6)21-40(4,5)23-52-38(49)30-13-10-18-47(44-30)37(48)31(20-34-42-32(26)22-53-34)43-39(50)46-17-9-11-24(46)2/h8,12,14-16,19,22,24-25,30-31,44H,7,9-11,13,17-18,20-21,23H2,1-6H3,(H,43,50)/t24-,25-,30-,31-/m0/s1. The summed E-state index contributed by atoms with van der Waals surface area (Å²) in [5, 5.41) is 8.39. The number of rotatable bonds is 5. The number of methoxy groups -OCH3 is 1. The summed E-state index contributed by atoms with van der Waals surface area (Å²) >= 11 is 1.48. The number of cyclic esters (lactones) is 1. The lowest BCUT2D eigenvalue weighted by Gasteiger charge is -2.36. The number of nitrogens with one attached hydrogen (secondary N) is 2. The van der Waals surface area contributed by atoms with Crippen LogP contribution >= 0.6 is 11.3 Å². The molecule has 1 aromatic carbocycles. The molecular weight excluding hydrogens is 691 g/mol. The molecule has 4 aromatic rings. The van der Waals surface area contributed by atoms with E-state index in [0.717, 1.165) is 69.1 Å². The molecule has 12 nitrogen and oxygen atoms in total. The van der Waals surface area contributed by atoms with E-state index in [4.69, 9.17) is 19.4 Å². The number of nitrogens with zero attached hydrogens (tertiary/aromatic N) is 5. The minimum absolute atomic E-state index is 0.100. The van der Waals surface area contributed by atoms with Gasteiger partial charge in [-0.3, -0.25) is 19.6 Å². The Balaban J connectivity index is 1.34. The summed E-state index contributed by atoms with van der Waals surface area (Å²) in [5.41, 5.74) is 9.66. The zero-order valence-electron chi connectivity index (χ0n) is 31.6. The van der Waals surface area contributed by atoms with Crippen molar-refractivity contribution in [3.8, 4) is 22.5 Å². The normalized spacial score (nSPS) is 22.8. The number of ether oxygens (including phenoxy) is 2. The molecule has 2 saturated heterocycles. The van der Waals surface area contributed by atoms with E-state index in [0.29, 0.717) is 32.4 Å². The Morgan fingerprint density at radius 3 is 2.75 bits per heavy atom. The van der Waals surface area contributed by atoms with E-state index in [1.54, 1.807) is 18.2 Å². The number of pyridine rings is 1. The van der Waals surface area contributed by atoms with Gasteiger partial charge in [0.25, 0.3) is 5.91 Å². The molecule has 13 heteroatoms. The Hall–Kier alpha value is -4.33. The number of urea groups is 1. The van der Waals surface area contributed by atoms with Crippen LogP contribution in [-0.2, 0) is 38.4 Å². The average molecular weight is 742 g/mol. The Morgan fingerprint density at radius 1 is 1.19 bits per heavy atom. The van der Waals surface area contributed by atoms with Gasteiger partial charge in [-0.2, -0.15) is 0 Å². The second-order valence-electron chi connectivity index (χ2n) is 15.4. The van der Waals surface area contributed by atoms with Crippen molar-refractivity contribution in [2.24, 2.45) is 5.41 Å². The van der Waals surface area contributed by atoms with Gasteiger partial charge in [0.15, 0.2) is 0 Å². The molecule has 0 unspecified atom stereocenters. The predicted octanol–water partition coefficient (Wildman–Crippen LogP) is 6.28. The number of fused-ring (bicyclic) bond motifs is 6. The molecule has 6 heterocycles. The Bertz CT molecular complexity index is 2010. The van der Waals surface area contributed by atoms with Crippen molar-refractivity contribution in [3.63, 3.8) is 0 Å². The van der Waals surface area contributed by atoms with E-state index >= 15 is 0 Å². The third-order valence-electron chi connectivity index (χ3n) is 10.9. The molecule has 2 fully saturated rings. The highest BCUT2D eigenvalue weighted by Crippen LogP contribution is 2.42. The van der Waals surface area contributed by atoms with Crippen LogP contribution in [0.5, 0.6) is 0 Å². The van der Waals surface area contributed by atoms with Gasteiger partial charge < -0.3 is 24.3 Å². The number of benzene rings is 1. The van der Waals surface area contributed by atoms with Gasteiger partial charge >= 0.3 is 12.0 Å². The van der Waals surface area contributed by atoms with Crippen LogP contribution in [0, 0.1) is 5.41 Å². The van der Waals surface area contributed by atoms with E-state index < -0.39 is 23.5 Å². The molecule has 2 N–H and O–H groups in total. The van der Waals surface area contributed by atoms with Gasteiger partial charge in [0, 0.05) is 78.2 Å². The number of carbonyl (C=O) groups is 3. The number of likely N-dealkylation sites (tertiary alicyclic amines) is 1. The van der Waals surface area contributed by atoms with Crippen LogP contribution in [0.1, 0.15) is 82.7 Å². The minimum atomic E-state index is -0.868. The lowest BCUT2D eigenvalue weighted by atomic mass is 9.84. The third kappa shape index (κ3) is 7.43. The lowest BCUT2D eigenvalue weighted by Crippen LogP contribution is -2.61. The van der Waals surface area contributed by atoms with Crippen molar-refractivity contribution >= 4 is 40.1 Å². The van der Waals surface area contributed by atoms with Gasteiger partial charge in [-0.15, -0.1) is 11.3 Å². The zero-order valence-corrected chi connectivity index (χ0v) is 32.4. The van der Waals surface area contributed by atoms with Gasteiger partial charge in [0.1, 0.15) is 12.1 Å². The Kier molecular flexibility index (Phi) is 10.6. The Morgan fingerprint density at radius 2 is 2.00 bits per heavy atom. The van der Waals surface area contributed by atoms with Crippen LogP contribution in [0.3, 0.4) is 0 Å². The summed E-state index contributed by atoms with van der Waals surface area (Å²) in [4.78, 5) is 52.9. The first-order chi connectivity index (χ1) is 25.5. The van der Waals surface area contributed by atoms with Crippen molar-refractivity contribution < 1.29 is 23.9 Å². The lowest BCUT2D eigenvalue weighted by molar-refractivity contribution is -0.155. The fraction of sp³-hybridized carbons (Fsp3) is 0.525. The number of carbonyl (C=O) groups excluding carboxylic acids is 3. The molecule has 0 saturated carbocycles. The Labute approximate surface area is 315 Å². The maximum atomic E-state index is 14.2. The smallest absolute Gasteiger partial charge is 0.324 e. The number of hydrogen-bond donors (Lipinski definition) is 2. The summed E-state index contributed by atoms with van der Waals surface area (Å²) in [5.74, 6) is -0.687. The molecule has 3 amide bonds. The molecular formula is C40H51N7O5S. The van der Waals surface area contributed by atoms with Crippen molar-refractivity contribution in [2.45, 2.75) is 104 Å². The zero-order chi connectivity index (χ0) is 37.4. The molecule has 7 rings (SSSR count). The molecule has 3 aromatic heterocycles. The van der Waals surface area contributed by atoms with Crippen LogP contribution in [0.15, 0.2) is 41.9 Å². The van der Waals surface area contributed by atoms with Crippen LogP contribution in [0.2, 0.25) is 0 Å². The van der Waals surface area contributed by atoms with E-state index in [-0.39, 0.29) is 37.1 Å². The molecule has 0 aliphatic carbocycles. The van der Waals surface area contributed by atoms with Crippen molar-refractivity contribution in [1.82, 2.24) is 35.2 Å². The van der Waals surface area contributed by atoms with E-state index in [1.807, 2.05) is 25.3 Å². The second-order valence-corrected chi connectivity index (χ2v) is 16.3. The molecule has 53 heavy (non-hydrogen) atoms. The fourth-order valence-corrected chi connectivity index (χ4v) is 8.88. The quantitative estimate of drug-likeness (QED) is 0.229. The number of esters is 1. The number of amides is 3. The highest BCUT2D eigenvalue weighted by atomic mass is 32.1. The number of aromatic nitrogens is 3. The maximum absolute atomic E-state index is 14.2. The number of hydrogen-bond acceptors (Lipinski definition) is 9. The van der Waals surface area contributed by atoms with Gasteiger partial charge in [-0.1, -0.05) is 19.9 Å². The van der Waals surface area contributed by atoms with E-state index in [1.165, 1.54) is 16.3 Å². The molecule has 0 radical (unpaired) electrons. The predicted molar refractivity (Wildman–Crippen MR) is 205 cm³/mol. The highest BCUT2D eigenvalue weighted by Gasteiger charge is 2.37. The van der Waals surface area contributed by atoms with Crippen LogP contribution in [-0.4, -0.2) is 87.3 Å². The molecule has 282 valence electrons. The average Bonchev–Trinajstić information content (AvgIpc) is 3.89. The van der Waals surface area contributed by atoms with Crippen molar-refractivity contribution in [2.75, 3.05) is 26.8 Å². The van der Waals surface area contributed by atoms with E-state index in [9.17, 15) is 14.4 Å². The molecule has 4 atom stereocenters. The van der Waals surface area contributed by atoms with Crippen LogP contribution in [0.25, 0.3) is 33.4 Å². The minimum Gasteiger partial charge on any atom is -0.464 e. The van der Waals surface area contributed by atoms with Gasteiger partial charge in [0.2, 0.25) is 0 Å². The molecule has 0 spiro atoms. The van der Waals surface area contributed by atoms with Crippen molar-refractivity contribution in [1.29, 1.82) is 0 Å². The second kappa shape index (κ2) is 15.2. The summed E-state index contributed by atoms with van der Waals surface area (Å²) < 4.78 is 14.2. The van der Waals surface area contributed by atoms with Gasteiger partial charge in [0.05, 0.1) is 34.8 Å². The van der Waals surface area contributed by atoms with Crippen LogP contribution < -0.4 is 10.7 Å². The highest BCUT2D eigenvalue weighted by molar-refractivity contribution is 7.10. The van der Waals surface area contributed by atoms with Crippen LogP contribution in [0.4, 0.5) is 4.79 Å². The summed E-state index contributed by atoms with van der Waals surface area (Å²) in [7, 11) is 1.70. The SMILES string of the molecule is CCn1c(-c2cccnc2[C@H](C)OC)c2c3cc(ccc31)-c1csc(n1)C[C@H](NC(=O)N1CCC[C@@H]1C)C(=O)N1CCC[C@H](N1)C(=O)OCC(C)(C)C2. The number of thiazole rings is 1. The topological polar surface area (TPSA) is 131 Å². The number of hydrazine groups is 1. The molecule has 3 aliphatic heterocycles. The first-order valence-electron chi connectivity index (χ1n) is 18.9. The van der Waals surface area contributed by atoms with E-state index in [2.05, 4.69) is 60.3 Å². The summed E-state index contributed by atoms with van der Waals surface area (Å²) in [6.07, 6.45) is 5.47. The van der Waals surface area contributed by atoms with Crippen molar-refractivity contribution in [3.05, 3.63) is 58.2 Å². The summed E-state index contributed by atoms with van der Waals surface area (Å²) in [6.45, 7) is 12.4. The maximum Gasteiger partial charge on any atom is 0.324 e. The summed E-state index contributed by atoms with van der Waals surface area (Å²) in [6, 6.07) is 8.84. The molecule has 3 aliphatic rings. The monoisotopic (exact) mass is 741 g/mol. The van der Waals surface area contributed by atoms with Gasteiger partial charge in [-0.05, 0) is 82.7 Å². The first-order valence-corrected chi connectivity index (χ1v) is 19.7. The van der Waals surface area contributed by atoms with Gasteiger partial charge in [-0.25, -0.2) is 15.2 Å². The third-order valence-corrected chi connectivity index (χ3v) is 11.8. The molecule has 6 bridgehead atoms.